The highest BCUT2D eigenvalue weighted by atomic mass is 32.2. The number of amides is 2. The Kier molecular flexibility index (Phi) is 8.46. The number of alkyl halides is 3. The maximum absolute atomic E-state index is 14.3. The third-order valence-electron chi connectivity index (χ3n) is 5.15. The molecule has 0 spiro atoms. The molecule has 0 bridgehead atoms. The summed E-state index contributed by atoms with van der Waals surface area (Å²) in [4.78, 5) is 25.2. The second-order valence-electron chi connectivity index (χ2n) is 7.56. The molecule has 2 heterocycles. The van der Waals surface area contributed by atoms with Crippen LogP contribution >= 0.6 is 0 Å². The fourth-order valence-corrected chi connectivity index (χ4v) is 4.13. The molecule has 13 heteroatoms. The number of nitrogens with one attached hydrogen (secondary N) is 1. The molecule has 0 radical (unpaired) electrons. The molecule has 32 heavy (non-hydrogen) atoms. The van der Waals surface area contributed by atoms with Crippen molar-refractivity contribution in [3.8, 4) is 0 Å². The molecule has 2 aliphatic heterocycles. The van der Waals surface area contributed by atoms with E-state index >= 15 is 0 Å². The van der Waals surface area contributed by atoms with E-state index in [0.717, 1.165) is 51.2 Å². The summed E-state index contributed by atoms with van der Waals surface area (Å²) < 4.78 is 69.1. The molecule has 0 aromatic heterocycles. The smallest absolute Gasteiger partial charge is 0.475 e. The number of urea groups is 1. The van der Waals surface area contributed by atoms with Gasteiger partial charge in [-0.15, -0.1) is 0 Å². The monoisotopic (exact) mass is 483 g/mol. The zero-order valence-electron chi connectivity index (χ0n) is 17.4. The lowest BCUT2D eigenvalue weighted by Crippen LogP contribution is -2.55. The molecule has 2 N–H and O–H groups in total. The zero-order valence-corrected chi connectivity index (χ0v) is 18.2. The van der Waals surface area contributed by atoms with Gasteiger partial charge in [0.25, 0.3) is 0 Å². The molecular weight excluding hydrogens is 458 g/mol. The predicted molar refractivity (Wildman–Crippen MR) is 106 cm³/mol. The first-order chi connectivity index (χ1) is 14.8. The molecule has 0 unspecified atom stereocenters. The number of piperidine rings is 1. The minimum atomic E-state index is -5.08. The van der Waals surface area contributed by atoms with Crippen molar-refractivity contribution in [1.82, 2.24) is 15.1 Å². The Morgan fingerprint density at radius 3 is 2.31 bits per heavy atom. The van der Waals surface area contributed by atoms with Gasteiger partial charge in [0.05, 0.1) is 11.4 Å². The highest BCUT2D eigenvalue weighted by Gasteiger charge is 2.38. The van der Waals surface area contributed by atoms with Gasteiger partial charge in [-0.1, -0.05) is 6.07 Å². The van der Waals surface area contributed by atoms with Crippen molar-refractivity contribution in [2.45, 2.75) is 42.9 Å². The Hall–Kier alpha value is -2.41. The largest absolute Gasteiger partial charge is 0.490 e. The number of carboxylic acids is 1. The van der Waals surface area contributed by atoms with Gasteiger partial charge in [-0.3, -0.25) is 0 Å². The van der Waals surface area contributed by atoms with Gasteiger partial charge in [-0.05, 0) is 44.5 Å². The first kappa shape index (κ1) is 25.8. The van der Waals surface area contributed by atoms with E-state index in [4.69, 9.17) is 9.90 Å². The number of aliphatic carboxylic acids is 1. The summed E-state index contributed by atoms with van der Waals surface area (Å²) in [6.45, 7) is 3.32. The van der Waals surface area contributed by atoms with Gasteiger partial charge in [-0.25, -0.2) is 22.4 Å². The Labute approximate surface area is 183 Å². The molecule has 0 saturated carbocycles. The summed E-state index contributed by atoms with van der Waals surface area (Å²) in [6.07, 6.45) is -1.29. The van der Waals surface area contributed by atoms with E-state index in [2.05, 4.69) is 5.32 Å². The third kappa shape index (κ3) is 7.05. The van der Waals surface area contributed by atoms with Crippen molar-refractivity contribution in [2.75, 3.05) is 32.4 Å². The number of nitrogens with zero attached hydrogens (tertiary/aromatic N) is 2. The average Bonchev–Trinajstić information content (AvgIpc) is 2.70. The Morgan fingerprint density at radius 1 is 1.22 bits per heavy atom. The van der Waals surface area contributed by atoms with Gasteiger partial charge >= 0.3 is 18.2 Å². The van der Waals surface area contributed by atoms with E-state index in [1.54, 1.807) is 4.90 Å². The summed E-state index contributed by atoms with van der Waals surface area (Å²) in [6, 6.07) is 4.08. The second kappa shape index (κ2) is 10.5. The molecule has 0 atom stereocenters. The van der Waals surface area contributed by atoms with Crippen LogP contribution in [-0.4, -0.2) is 80.0 Å². The molecule has 1 aromatic carbocycles. The van der Waals surface area contributed by atoms with Crippen molar-refractivity contribution in [1.29, 1.82) is 0 Å². The minimum absolute atomic E-state index is 0.0462. The van der Waals surface area contributed by atoms with Gasteiger partial charge in [0, 0.05) is 31.0 Å². The van der Waals surface area contributed by atoms with Crippen LogP contribution in [0.2, 0.25) is 0 Å². The number of benzene rings is 1. The summed E-state index contributed by atoms with van der Waals surface area (Å²) in [5.74, 6) is -3.35. The lowest BCUT2D eigenvalue weighted by molar-refractivity contribution is -0.192. The summed E-state index contributed by atoms with van der Waals surface area (Å²) >= 11 is 0. The topological polar surface area (TPSA) is 107 Å². The van der Waals surface area contributed by atoms with E-state index in [9.17, 15) is 30.8 Å². The molecule has 1 aromatic rings. The second-order valence-corrected chi connectivity index (χ2v) is 9.58. The molecule has 180 valence electrons. The van der Waals surface area contributed by atoms with Gasteiger partial charge in [0.2, 0.25) is 0 Å². The minimum Gasteiger partial charge on any atom is -0.475 e. The number of rotatable bonds is 4. The SMILES string of the molecule is CS(=O)(=O)c1ccc(CN2CCCN(C3CCNCC3)C2=O)c(F)c1.O=C(O)C(F)(F)F. The van der Waals surface area contributed by atoms with Crippen LogP contribution in [0.1, 0.15) is 24.8 Å². The van der Waals surface area contributed by atoms with Crippen LogP contribution < -0.4 is 5.32 Å². The maximum atomic E-state index is 14.3. The van der Waals surface area contributed by atoms with E-state index < -0.39 is 27.8 Å². The maximum Gasteiger partial charge on any atom is 0.490 e. The van der Waals surface area contributed by atoms with Crippen molar-refractivity contribution in [2.24, 2.45) is 0 Å². The number of sulfone groups is 1. The molecule has 2 saturated heterocycles. The van der Waals surface area contributed by atoms with Crippen molar-refractivity contribution in [3.63, 3.8) is 0 Å². The van der Waals surface area contributed by atoms with E-state index in [1.165, 1.54) is 12.1 Å². The molecular formula is C19H25F4N3O5S. The average molecular weight is 483 g/mol. The Bertz CT molecular complexity index is 933. The van der Waals surface area contributed by atoms with Crippen LogP contribution in [0, 0.1) is 5.82 Å². The summed E-state index contributed by atoms with van der Waals surface area (Å²) in [5.41, 5.74) is 0.341. The summed E-state index contributed by atoms with van der Waals surface area (Å²) in [7, 11) is -3.44. The number of hydrogen-bond donors (Lipinski definition) is 2. The van der Waals surface area contributed by atoms with Gasteiger partial charge in [0.1, 0.15) is 5.82 Å². The van der Waals surface area contributed by atoms with Gasteiger partial charge in [0.15, 0.2) is 9.84 Å². The van der Waals surface area contributed by atoms with Crippen molar-refractivity contribution < 1.29 is 40.7 Å². The first-order valence-electron chi connectivity index (χ1n) is 9.85. The van der Waals surface area contributed by atoms with Crippen LogP contribution in [0.4, 0.5) is 22.4 Å². The highest BCUT2D eigenvalue weighted by Crippen LogP contribution is 2.22. The zero-order chi connectivity index (χ0) is 24.1. The lowest BCUT2D eigenvalue weighted by atomic mass is 10.0. The standard InChI is InChI=1S/C17H24FN3O3S.C2HF3O2/c1-25(23,24)15-4-3-13(16(18)11-15)12-20-9-2-10-21(17(20)22)14-5-7-19-8-6-14;3-2(4,5)1(6)7/h3-4,11,14,19H,2,5-10,12H2,1H3;(H,6,7). The summed E-state index contributed by atoms with van der Waals surface area (Å²) in [5, 5.41) is 10.4. The normalized spacial score (nSPS) is 18.2. The quantitative estimate of drug-likeness (QED) is 0.637. The molecule has 2 aliphatic rings. The van der Waals surface area contributed by atoms with Gasteiger partial charge in [-0.2, -0.15) is 13.2 Å². The number of halogens is 4. The van der Waals surface area contributed by atoms with E-state index in [1.807, 2.05) is 4.90 Å². The fraction of sp³-hybridized carbons (Fsp3) is 0.579. The van der Waals surface area contributed by atoms with Crippen LogP contribution in [0.25, 0.3) is 0 Å². The van der Waals surface area contributed by atoms with Crippen LogP contribution in [0.5, 0.6) is 0 Å². The number of carboxylic acid groups (broad SMARTS) is 1. The third-order valence-corrected chi connectivity index (χ3v) is 6.26. The first-order valence-corrected chi connectivity index (χ1v) is 11.7. The van der Waals surface area contributed by atoms with Crippen molar-refractivity contribution >= 4 is 21.8 Å². The van der Waals surface area contributed by atoms with E-state index in [-0.39, 0.29) is 23.5 Å². The molecule has 0 aliphatic carbocycles. The van der Waals surface area contributed by atoms with Crippen LogP contribution in [-0.2, 0) is 21.2 Å². The molecule has 2 amide bonds. The lowest BCUT2D eigenvalue weighted by Gasteiger charge is -2.41. The van der Waals surface area contributed by atoms with Crippen molar-refractivity contribution in [3.05, 3.63) is 29.6 Å². The van der Waals surface area contributed by atoms with Crippen LogP contribution in [0.15, 0.2) is 23.1 Å². The number of carbonyl (C=O) groups excluding carboxylic acids is 1. The Morgan fingerprint density at radius 2 is 1.81 bits per heavy atom. The van der Waals surface area contributed by atoms with Gasteiger partial charge < -0.3 is 20.2 Å². The van der Waals surface area contributed by atoms with Crippen LogP contribution in [0.3, 0.4) is 0 Å². The highest BCUT2D eigenvalue weighted by molar-refractivity contribution is 7.90. The number of carbonyl (C=O) groups is 2. The molecule has 3 rings (SSSR count). The molecule has 8 nitrogen and oxygen atoms in total. The molecule has 2 fully saturated rings. The number of hydrogen-bond acceptors (Lipinski definition) is 5. The van der Waals surface area contributed by atoms with E-state index in [0.29, 0.717) is 12.1 Å². The Balaban J connectivity index is 0.000000451. The predicted octanol–water partition coefficient (Wildman–Crippen LogP) is 2.24. The fourth-order valence-electron chi connectivity index (χ4n) is 3.50.